The van der Waals surface area contributed by atoms with Gasteiger partial charge in [0.15, 0.2) is 0 Å². The third-order valence-electron chi connectivity index (χ3n) is 4.26. The van der Waals surface area contributed by atoms with E-state index < -0.39 is 0 Å². The first-order chi connectivity index (χ1) is 9.67. The molecule has 0 saturated carbocycles. The third-order valence-corrected chi connectivity index (χ3v) is 4.26. The van der Waals surface area contributed by atoms with Crippen molar-refractivity contribution in [3.63, 3.8) is 0 Å². The Morgan fingerprint density at radius 2 is 2.00 bits per heavy atom. The molecule has 0 saturated heterocycles. The fraction of sp³-hybridized carbons (Fsp3) is 0.588. The predicted octanol–water partition coefficient (Wildman–Crippen LogP) is 2.76. The molecule has 1 aliphatic carbocycles. The molecule has 3 heteroatoms. The van der Waals surface area contributed by atoms with E-state index in [1.807, 2.05) is 12.1 Å². The van der Waals surface area contributed by atoms with E-state index >= 15 is 0 Å². The van der Waals surface area contributed by atoms with E-state index in [-0.39, 0.29) is 5.91 Å². The maximum atomic E-state index is 11.6. The number of rotatable bonds is 6. The molecule has 1 atom stereocenters. The van der Waals surface area contributed by atoms with Crippen LogP contribution < -0.4 is 5.73 Å². The lowest BCUT2D eigenvalue weighted by Gasteiger charge is -2.35. The molecule has 2 rings (SSSR count). The normalized spacial score (nSPS) is 18.1. The van der Waals surface area contributed by atoms with Crippen LogP contribution in [-0.4, -0.2) is 29.9 Å². The fourth-order valence-electron chi connectivity index (χ4n) is 3.36. The summed E-state index contributed by atoms with van der Waals surface area (Å²) in [7, 11) is 0. The van der Waals surface area contributed by atoms with E-state index in [9.17, 15) is 4.79 Å². The highest BCUT2D eigenvalue weighted by Gasteiger charge is 2.26. The molecule has 0 aliphatic heterocycles. The minimum Gasteiger partial charge on any atom is -0.366 e. The Morgan fingerprint density at radius 1 is 1.30 bits per heavy atom. The molecule has 20 heavy (non-hydrogen) atoms. The average Bonchev–Trinajstić information content (AvgIpc) is 2.45. The van der Waals surface area contributed by atoms with Crippen molar-refractivity contribution in [3.8, 4) is 0 Å². The summed E-state index contributed by atoms with van der Waals surface area (Å²) in [5.41, 5.74) is 8.75. The van der Waals surface area contributed by atoms with E-state index in [4.69, 9.17) is 5.73 Å². The van der Waals surface area contributed by atoms with Gasteiger partial charge in [0.05, 0.1) is 0 Å². The molecule has 0 heterocycles. The van der Waals surface area contributed by atoms with Crippen LogP contribution in [0.3, 0.4) is 0 Å². The van der Waals surface area contributed by atoms with Crippen LogP contribution in [-0.2, 0) is 12.8 Å². The van der Waals surface area contributed by atoms with Gasteiger partial charge in [-0.1, -0.05) is 26.0 Å². The van der Waals surface area contributed by atoms with Gasteiger partial charge in [-0.05, 0) is 62.4 Å². The van der Waals surface area contributed by atoms with Crippen molar-refractivity contribution >= 4 is 5.91 Å². The van der Waals surface area contributed by atoms with Crippen LogP contribution in [0.2, 0.25) is 0 Å². The van der Waals surface area contributed by atoms with Crippen molar-refractivity contribution in [2.24, 2.45) is 5.73 Å². The second kappa shape index (κ2) is 6.89. The van der Waals surface area contributed by atoms with E-state index in [1.54, 1.807) is 0 Å². The molecule has 0 unspecified atom stereocenters. The Hall–Kier alpha value is -1.35. The van der Waals surface area contributed by atoms with Gasteiger partial charge < -0.3 is 10.6 Å². The largest absolute Gasteiger partial charge is 0.366 e. The number of nitrogens with zero attached hydrogens (tertiary/aromatic N) is 1. The van der Waals surface area contributed by atoms with Crippen molar-refractivity contribution in [1.82, 2.24) is 4.90 Å². The lowest BCUT2D eigenvalue weighted by Crippen LogP contribution is -2.41. The molecule has 1 aromatic carbocycles. The monoisotopic (exact) mass is 274 g/mol. The lowest BCUT2D eigenvalue weighted by molar-refractivity contribution is 0.0998. The van der Waals surface area contributed by atoms with E-state index in [0.29, 0.717) is 6.04 Å². The van der Waals surface area contributed by atoms with Crippen LogP contribution in [0, 0.1) is 0 Å². The number of nitrogens with two attached hydrogens (primary N) is 1. The van der Waals surface area contributed by atoms with E-state index in [0.717, 1.165) is 31.5 Å². The zero-order valence-corrected chi connectivity index (χ0v) is 12.7. The Labute approximate surface area is 122 Å². The summed E-state index contributed by atoms with van der Waals surface area (Å²) in [6.07, 6.45) is 5.58. The quantitative estimate of drug-likeness (QED) is 0.867. The first kappa shape index (κ1) is 15.0. The highest BCUT2D eigenvalue weighted by molar-refractivity contribution is 5.94. The molecule has 1 amide bonds. The number of aryl methyl sites for hydroxylation is 1. The van der Waals surface area contributed by atoms with Gasteiger partial charge in [0, 0.05) is 11.6 Å². The van der Waals surface area contributed by atoms with Gasteiger partial charge in [-0.15, -0.1) is 0 Å². The predicted molar refractivity (Wildman–Crippen MR) is 82.9 cm³/mol. The summed E-state index contributed by atoms with van der Waals surface area (Å²) in [5, 5.41) is 0. The number of hydrogen-bond acceptors (Lipinski definition) is 2. The maximum Gasteiger partial charge on any atom is 0.248 e. The molecular formula is C17H26N2O. The van der Waals surface area contributed by atoms with Gasteiger partial charge in [0.25, 0.3) is 0 Å². The van der Waals surface area contributed by atoms with Crippen molar-refractivity contribution in [1.29, 1.82) is 0 Å². The van der Waals surface area contributed by atoms with Crippen molar-refractivity contribution in [2.45, 2.75) is 52.0 Å². The summed E-state index contributed by atoms with van der Waals surface area (Å²) in [4.78, 5) is 14.2. The lowest BCUT2D eigenvalue weighted by atomic mass is 9.84. The van der Waals surface area contributed by atoms with Gasteiger partial charge >= 0.3 is 0 Å². The standard InChI is InChI=1S/C17H26N2O/c1-3-10-19(11-4-2)14-9-8-13-6-5-7-15(17(18)20)16(13)12-14/h5-7,14H,3-4,8-12H2,1-2H3,(H2,18,20)/t14-/m0/s1. The first-order valence-electron chi connectivity index (χ1n) is 7.82. The summed E-state index contributed by atoms with van der Waals surface area (Å²) in [5.74, 6) is -0.292. The van der Waals surface area contributed by atoms with Crippen LogP contribution in [0.1, 0.15) is 54.6 Å². The van der Waals surface area contributed by atoms with E-state index in [2.05, 4.69) is 24.8 Å². The molecule has 0 radical (unpaired) electrons. The summed E-state index contributed by atoms with van der Waals surface area (Å²) in [6, 6.07) is 6.52. The maximum absolute atomic E-state index is 11.6. The molecule has 1 aliphatic rings. The first-order valence-corrected chi connectivity index (χ1v) is 7.82. The van der Waals surface area contributed by atoms with Crippen LogP contribution in [0.15, 0.2) is 18.2 Å². The molecule has 1 aromatic rings. The van der Waals surface area contributed by atoms with Gasteiger partial charge in [-0.25, -0.2) is 0 Å². The zero-order chi connectivity index (χ0) is 14.5. The molecule has 0 spiro atoms. The highest BCUT2D eigenvalue weighted by Crippen LogP contribution is 2.27. The number of amides is 1. The zero-order valence-electron chi connectivity index (χ0n) is 12.7. The van der Waals surface area contributed by atoms with Gasteiger partial charge in [0.2, 0.25) is 5.91 Å². The minimum atomic E-state index is -0.292. The van der Waals surface area contributed by atoms with Crippen molar-refractivity contribution < 1.29 is 4.79 Å². The molecule has 2 N–H and O–H groups in total. The minimum absolute atomic E-state index is 0.292. The summed E-state index contributed by atoms with van der Waals surface area (Å²) >= 11 is 0. The number of primary amides is 1. The Morgan fingerprint density at radius 3 is 2.60 bits per heavy atom. The van der Waals surface area contributed by atoms with Crippen LogP contribution in [0.25, 0.3) is 0 Å². The Balaban J connectivity index is 2.22. The molecule has 0 bridgehead atoms. The van der Waals surface area contributed by atoms with Crippen LogP contribution in [0.5, 0.6) is 0 Å². The Kier molecular flexibility index (Phi) is 5.18. The summed E-state index contributed by atoms with van der Waals surface area (Å²) < 4.78 is 0. The number of benzene rings is 1. The summed E-state index contributed by atoms with van der Waals surface area (Å²) in [6.45, 7) is 6.75. The Bertz CT molecular complexity index is 464. The van der Waals surface area contributed by atoms with Crippen LogP contribution >= 0.6 is 0 Å². The fourth-order valence-corrected chi connectivity index (χ4v) is 3.36. The molecule has 3 nitrogen and oxygen atoms in total. The highest BCUT2D eigenvalue weighted by atomic mass is 16.1. The topological polar surface area (TPSA) is 46.3 Å². The number of carbonyl (C=O) groups is 1. The molecule has 0 aromatic heterocycles. The van der Waals surface area contributed by atoms with Crippen molar-refractivity contribution in [2.75, 3.05) is 13.1 Å². The van der Waals surface area contributed by atoms with Gasteiger partial charge in [-0.3, -0.25) is 4.79 Å². The van der Waals surface area contributed by atoms with Gasteiger partial charge in [-0.2, -0.15) is 0 Å². The van der Waals surface area contributed by atoms with E-state index in [1.165, 1.54) is 30.4 Å². The molecular weight excluding hydrogens is 248 g/mol. The van der Waals surface area contributed by atoms with Gasteiger partial charge in [0.1, 0.15) is 0 Å². The molecule has 110 valence electrons. The SMILES string of the molecule is CCCN(CCC)[C@H]1CCc2cccc(C(N)=O)c2C1. The smallest absolute Gasteiger partial charge is 0.248 e. The third kappa shape index (κ3) is 3.21. The number of fused-ring (bicyclic) bond motifs is 1. The molecule has 0 fully saturated rings. The second-order valence-electron chi connectivity index (χ2n) is 5.74. The van der Waals surface area contributed by atoms with Crippen molar-refractivity contribution in [3.05, 3.63) is 34.9 Å². The second-order valence-corrected chi connectivity index (χ2v) is 5.74. The number of hydrogen-bond donors (Lipinski definition) is 1. The average molecular weight is 274 g/mol. The van der Waals surface area contributed by atoms with Crippen LogP contribution in [0.4, 0.5) is 0 Å². The number of carbonyl (C=O) groups excluding carboxylic acids is 1.